The maximum Gasteiger partial charge on any atom is 0.210 e. The Balaban J connectivity index is 2.52. The van der Waals surface area contributed by atoms with Crippen LogP contribution in [0.25, 0.3) is 0 Å². The molecule has 0 aromatic carbocycles. The molecule has 0 aliphatic carbocycles. The highest BCUT2D eigenvalue weighted by molar-refractivity contribution is 4.87. The van der Waals surface area contributed by atoms with Crippen molar-refractivity contribution >= 4 is 0 Å². The van der Waals surface area contributed by atoms with Crippen LogP contribution in [0.15, 0.2) is 0 Å². The van der Waals surface area contributed by atoms with Crippen molar-refractivity contribution in [3.8, 4) is 0 Å². The third-order valence-corrected chi connectivity index (χ3v) is 1.88. The molecule has 0 bridgehead atoms. The molecule has 4 unspecified atom stereocenters. The Labute approximate surface area is 75.3 Å². The van der Waals surface area contributed by atoms with Crippen LogP contribution >= 0.6 is 0 Å². The second kappa shape index (κ2) is 4.85. The van der Waals surface area contributed by atoms with Crippen LogP contribution in [0.2, 0.25) is 0 Å². The summed E-state index contributed by atoms with van der Waals surface area (Å²) < 4.78 is 9.63. The fraction of sp³-hybridized carbons (Fsp3) is 0.857. The predicted octanol–water partition coefficient (Wildman–Crippen LogP) is -2.40. The number of ether oxygens (including phenoxy) is 2. The Kier molecular flexibility index (Phi) is 4.04. The van der Waals surface area contributed by atoms with E-state index in [-0.39, 0.29) is 0 Å². The number of hydrogen-bond acceptors (Lipinski definition) is 6. The van der Waals surface area contributed by atoms with Gasteiger partial charge >= 0.3 is 0 Å². The van der Waals surface area contributed by atoms with E-state index in [1.165, 1.54) is 0 Å². The van der Waals surface area contributed by atoms with Gasteiger partial charge in [-0.2, -0.15) is 0 Å². The number of hydrogen-bond donors (Lipinski definition) is 4. The Morgan fingerprint density at radius 2 is 1.38 bits per heavy atom. The monoisotopic (exact) mass is 193 g/mol. The van der Waals surface area contributed by atoms with E-state index in [0.29, 0.717) is 0 Å². The predicted molar refractivity (Wildman–Crippen MR) is 40.2 cm³/mol. The maximum absolute atomic E-state index is 9.20. The second-order valence-electron chi connectivity index (χ2n) is 2.80. The van der Waals surface area contributed by atoms with Gasteiger partial charge in [0, 0.05) is 0 Å². The Hall–Kier alpha value is -0.240. The summed E-state index contributed by atoms with van der Waals surface area (Å²) in [7, 11) is 0. The lowest BCUT2D eigenvalue weighted by Crippen LogP contribution is -2.45. The van der Waals surface area contributed by atoms with Crippen LogP contribution in [0.1, 0.15) is 0 Å². The van der Waals surface area contributed by atoms with Crippen LogP contribution in [0.3, 0.4) is 0 Å². The molecule has 77 valence electrons. The molecule has 1 rings (SSSR count). The largest absolute Gasteiger partial charge is 0.394 e. The van der Waals surface area contributed by atoms with Crippen molar-refractivity contribution in [1.29, 1.82) is 0 Å². The van der Waals surface area contributed by atoms with E-state index >= 15 is 0 Å². The molecule has 0 spiro atoms. The van der Waals surface area contributed by atoms with E-state index in [4.69, 9.17) is 19.7 Å². The van der Waals surface area contributed by atoms with Crippen molar-refractivity contribution < 1.29 is 29.9 Å². The molecule has 13 heavy (non-hydrogen) atoms. The van der Waals surface area contributed by atoms with E-state index in [1.54, 1.807) is 0 Å². The minimum Gasteiger partial charge on any atom is -0.394 e. The van der Waals surface area contributed by atoms with E-state index in [1.807, 2.05) is 0 Å². The molecule has 6 heteroatoms. The third-order valence-electron chi connectivity index (χ3n) is 1.88. The lowest BCUT2D eigenvalue weighted by atomic mass is 10.0. The first-order valence-electron chi connectivity index (χ1n) is 3.91. The Morgan fingerprint density at radius 3 is 1.69 bits per heavy atom. The van der Waals surface area contributed by atoms with Gasteiger partial charge in [0.05, 0.1) is 13.2 Å². The summed E-state index contributed by atoms with van der Waals surface area (Å²) in [5, 5.41) is 35.7. The summed E-state index contributed by atoms with van der Waals surface area (Å²) in [5.41, 5.74) is 0. The molecule has 6 nitrogen and oxygen atoms in total. The first-order valence-corrected chi connectivity index (χ1v) is 3.91. The van der Waals surface area contributed by atoms with Gasteiger partial charge in [0.1, 0.15) is 24.4 Å². The van der Waals surface area contributed by atoms with Crippen molar-refractivity contribution in [1.82, 2.24) is 0 Å². The minimum atomic E-state index is -1.13. The molecule has 4 atom stereocenters. The molecule has 1 heterocycles. The van der Waals surface area contributed by atoms with Crippen LogP contribution in [0, 0.1) is 6.79 Å². The van der Waals surface area contributed by atoms with E-state index < -0.39 is 37.6 Å². The Bertz CT molecular complexity index is 136. The quantitative estimate of drug-likeness (QED) is 0.397. The molecular formula is C7H13O6. The number of rotatable bonds is 4. The average Bonchev–Trinajstić information content (AvgIpc) is 2.63. The van der Waals surface area contributed by atoms with Crippen molar-refractivity contribution in [2.75, 3.05) is 13.2 Å². The first kappa shape index (κ1) is 10.8. The molecule has 0 amide bonds. The maximum atomic E-state index is 9.20. The Morgan fingerprint density at radius 1 is 1.00 bits per heavy atom. The van der Waals surface area contributed by atoms with Crippen LogP contribution in [0.5, 0.6) is 0 Å². The molecule has 1 radical (unpaired) electrons. The van der Waals surface area contributed by atoms with Gasteiger partial charge in [-0.15, -0.1) is 0 Å². The van der Waals surface area contributed by atoms with E-state index in [9.17, 15) is 10.2 Å². The zero-order valence-electron chi connectivity index (χ0n) is 6.91. The molecule has 4 N–H and O–H groups in total. The normalized spacial score (nSPS) is 33.2. The fourth-order valence-corrected chi connectivity index (χ4v) is 1.14. The smallest absolute Gasteiger partial charge is 0.210 e. The third kappa shape index (κ3) is 2.37. The molecule has 0 saturated carbocycles. The second-order valence-corrected chi connectivity index (χ2v) is 2.80. The van der Waals surface area contributed by atoms with Gasteiger partial charge in [-0.25, -0.2) is 0 Å². The van der Waals surface area contributed by atoms with Gasteiger partial charge in [-0.05, 0) is 0 Å². The lowest BCUT2D eigenvalue weighted by molar-refractivity contribution is -0.0640. The summed E-state index contributed by atoms with van der Waals surface area (Å²) in [6.45, 7) is 0.000123. The number of aliphatic hydroxyl groups excluding tert-OH is 4. The van der Waals surface area contributed by atoms with Gasteiger partial charge in [-0.3, -0.25) is 0 Å². The van der Waals surface area contributed by atoms with Gasteiger partial charge < -0.3 is 29.9 Å². The molecule has 1 fully saturated rings. The molecule has 1 saturated heterocycles. The summed E-state index contributed by atoms with van der Waals surface area (Å²) >= 11 is 0. The van der Waals surface area contributed by atoms with Crippen LogP contribution in [-0.4, -0.2) is 58.1 Å². The van der Waals surface area contributed by atoms with Gasteiger partial charge in [-0.1, -0.05) is 0 Å². The van der Waals surface area contributed by atoms with Gasteiger partial charge in [0.25, 0.3) is 0 Å². The highest BCUT2D eigenvalue weighted by Gasteiger charge is 2.39. The molecule has 0 aromatic rings. The number of aliphatic hydroxyl groups is 4. The molecular weight excluding hydrogens is 180 g/mol. The lowest BCUT2D eigenvalue weighted by Gasteiger charge is -2.23. The van der Waals surface area contributed by atoms with Crippen LogP contribution < -0.4 is 0 Å². The zero-order chi connectivity index (χ0) is 9.84. The highest BCUT2D eigenvalue weighted by atomic mass is 16.7. The zero-order valence-corrected chi connectivity index (χ0v) is 6.91. The van der Waals surface area contributed by atoms with Crippen LogP contribution in [-0.2, 0) is 9.47 Å². The topological polar surface area (TPSA) is 99.4 Å². The molecule has 0 aromatic heterocycles. The van der Waals surface area contributed by atoms with Crippen molar-refractivity contribution in [2.45, 2.75) is 24.4 Å². The van der Waals surface area contributed by atoms with Crippen molar-refractivity contribution in [2.24, 2.45) is 0 Å². The SMILES string of the molecule is OCC(O)C1O[CH]OC1C(O)CO. The minimum absolute atomic E-state index is 0.490. The summed E-state index contributed by atoms with van der Waals surface area (Å²) in [4.78, 5) is 0. The molecule has 1 aliphatic rings. The van der Waals surface area contributed by atoms with Crippen LogP contribution in [0.4, 0.5) is 0 Å². The summed E-state index contributed by atoms with van der Waals surface area (Å²) in [5.74, 6) is 0. The summed E-state index contributed by atoms with van der Waals surface area (Å²) in [6, 6.07) is 0. The first-order chi connectivity index (χ1) is 6.20. The van der Waals surface area contributed by atoms with E-state index in [2.05, 4.69) is 0 Å². The van der Waals surface area contributed by atoms with Gasteiger partial charge in [0.2, 0.25) is 6.79 Å². The standard InChI is InChI=1S/C7H13O6/c8-1-4(10)6-7(5(11)2-9)13-3-12-6/h3-11H,1-2H2. The highest BCUT2D eigenvalue weighted by Crippen LogP contribution is 2.21. The van der Waals surface area contributed by atoms with Gasteiger partial charge in [0.15, 0.2) is 0 Å². The molecule has 1 aliphatic heterocycles. The van der Waals surface area contributed by atoms with Crippen molar-refractivity contribution in [3.63, 3.8) is 0 Å². The van der Waals surface area contributed by atoms with E-state index in [0.717, 1.165) is 6.79 Å². The summed E-state index contributed by atoms with van der Waals surface area (Å²) in [6.07, 6.45) is -3.95. The average molecular weight is 193 g/mol. The van der Waals surface area contributed by atoms with Crippen molar-refractivity contribution in [3.05, 3.63) is 6.79 Å². The fourth-order valence-electron chi connectivity index (χ4n) is 1.14.